The van der Waals surface area contributed by atoms with Crippen molar-refractivity contribution in [2.75, 3.05) is 35.8 Å². The quantitative estimate of drug-likeness (QED) is 0.557. The van der Waals surface area contributed by atoms with E-state index >= 15 is 0 Å². The summed E-state index contributed by atoms with van der Waals surface area (Å²) in [4.78, 5) is 20.3. The molecule has 7 nitrogen and oxygen atoms in total. The van der Waals surface area contributed by atoms with Crippen LogP contribution in [-0.4, -0.2) is 55.1 Å². The first-order valence-electron chi connectivity index (χ1n) is 11.9. The van der Waals surface area contributed by atoms with Gasteiger partial charge in [-0.2, -0.15) is 9.78 Å². The summed E-state index contributed by atoms with van der Waals surface area (Å²) in [5.74, 6) is 1.50. The molecule has 180 valence electrons. The Hall–Kier alpha value is -3.00. The van der Waals surface area contributed by atoms with Crippen molar-refractivity contribution in [3.05, 3.63) is 76.5 Å². The molecule has 2 aromatic heterocycles. The highest BCUT2D eigenvalue weighted by atomic mass is 32.3. The van der Waals surface area contributed by atoms with Crippen LogP contribution >= 0.6 is 0 Å². The maximum Gasteiger partial charge on any atom is 0.316 e. The molecule has 0 spiro atoms. The van der Waals surface area contributed by atoms with E-state index in [0.29, 0.717) is 41.7 Å². The molecule has 0 bridgehead atoms. The van der Waals surface area contributed by atoms with Gasteiger partial charge in [0, 0.05) is 47.3 Å². The molecule has 1 unspecified atom stereocenters. The zero-order valence-electron chi connectivity index (χ0n) is 20.0. The molecule has 1 aliphatic heterocycles. The Morgan fingerprint density at radius 2 is 1.82 bits per heavy atom. The van der Waals surface area contributed by atoms with E-state index < -0.39 is 9.07 Å². The number of hydrogen-bond acceptors (Lipinski definition) is 6. The Morgan fingerprint density at radius 3 is 2.53 bits per heavy atom. The molecular formula is C26H32N4O3S. The zero-order valence-corrected chi connectivity index (χ0v) is 20.8. The largest absolute Gasteiger partial charge is 0.478 e. The van der Waals surface area contributed by atoms with Crippen LogP contribution < -0.4 is 15.2 Å². The van der Waals surface area contributed by atoms with Crippen molar-refractivity contribution in [1.82, 2.24) is 14.8 Å². The summed E-state index contributed by atoms with van der Waals surface area (Å²) >= 11 is 0. The standard InChI is InChI=1S/C26H32N4O3S/c1-19(2)34(3,32)16-14-29(15-17-34)23-18-28-30(20-8-5-4-6-9-20)26(31)25(23)33-24-12-11-22-21(24)10-7-13-27-22/h4-10,13,18-19,24H,11-12,14-17H2,1-3H3. The Bertz CT molecular complexity index is 1320. The van der Waals surface area contributed by atoms with Crippen molar-refractivity contribution >= 4 is 14.8 Å². The van der Waals surface area contributed by atoms with Crippen molar-refractivity contribution in [1.29, 1.82) is 0 Å². The number of para-hydroxylation sites is 1. The molecule has 3 heterocycles. The average Bonchev–Trinajstić information content (AvgIpc) is 3.24. The first-order chi connectivity index (χ1) is 16.2. The molecule has 0 N–H and O–H groups in total. The lowest BCUT2D eigenvalue weighted by Crippen LogP contribution is -2.57. The molecular weight excluding hydrogens is 448 g/mol. The number of hydrogen-bond donors (Lipinski definition) is 0. The monoisotopic (exact) mass is 480 g/mol. The molecule has 2 aliphatic rings. The fourth-order valence-electron chi connectivity index (χ4n) is 4.80. The third kappa shape index (κ3) is 3.94. The summed E-state index contributed by atoms with van der Waals surface area (Å²) in [6.45, 7) is 5.31. The van der Waals surface area contributed by atoms with E-state index in [1.165, 1.54) is 4.68 Å². The molecule has 0 saturated carbocycles. The van der Waals surface area contributed by atoms with Crippen molar-refractivity contribution in [3.63, 3.8) is 0 Å². The van der Waals surface area contributed by atoms with Crippen LogP contribution in [0.5, 0.6) is 5.75 Å². The fourth-order valence-corrected chi connectivity index (χ4v) is 7.37. The van der Waals surface area contributed by atoms with Crippen LogP contribution in [0.15, 0.2) is 59.7 Å². The summed E-state index contributed by atoms with van der Waals surface area (Å²) in [7, 11) is -2.72. The van der Waals surface area contributed by atoms with Gasteiger partial charge in [-0.25, -0.2) is 0 Å². The number of fused-ring (bicyclic) bond motifs is 1. The van der Waals surface area contributed by atoms with E-state index in [4.69, 9.17) is 4.74 Å². The van der Waals surface area contributed by atoms with Crippen LogP contribution in [0.4, 0.5) is 5.69 Å². The normalized spacial score (nSPS) is 22.1. The van der Waals surface area contributed by atoms with Gasteiger partial charge in [0.25, 0.3) is 0 Å². The lowest BCUT2D eigenvalue weighted by Gasteiger charge is -2.49. The molecule has 3 aromatic rings. The summed E-state index contributed by atoms with van der Waals surface area (Å²) in [6.07, 6.45) is 6.83. The fraction of sp³-hybridized carbons (Fsp3) is 0.423. The minimum Gasteiger partial charge on any atom is -0.478 e. The highest BCUT2D eigenvalue weighted by Gasteiger charge is 2.40. The first kappa shape index (κ1) is 22.8. The lowest BCUT2D eigenvalue weighted by atomic mass is 10.2. The van der Waals surface area contributed by atoms with Crippen LogP contribution in [0.2, 0.25) is 0 Å². The van der Waals surface area contributed by atoms with Crippen LogP contribution in [0.3, 0.4) is 0 Å². The summed E-state index contributed by atoms with van der Waals surface area (Å²) in [5, 5.41) is 4.62. The molecule has 0 amide bonds. The smallest absolute Gasteiger partial charge is 0.316 e. The average molecular weight is 481 g/mol. The maximum absolute atomic E-state index is 13.7. The number of aryl methyl sites for hydroxylation is 1. The second-order valence-electron chi connectivity index (χ2n) is 9.89. The predicted octanol–water partition coefficient (Wildman–Crippen LogP) is 3.37. The first-order valence-corrected chi connectivity index (χ1v) is 14.7. The minimum absolute atomic E-state index is 0.126. The van der Waals surface area contributed by atoms with Crippen LogP contribution in [0.25, 0.3) is 5.69 Å². The van der Waals surface area contributed by atoms with Gasteiger partial charge in [-0.3, -0.25) is 14.0 Å². The van der Waals surface area contributed by atoms with Gasteiger partial charge in [0.2, 0.25) is 5.75 Å². The summed E-state index contributed by atoms with van der Waals surface area (Å²) in [5.41, 5.74) is 3.13. The van der Waals surface area contributed by atoms with Gasteiger partial charge in [0.15, 0.2) is 0 Å². The van der Waals surface area contributed by atoms with Gasteiger partial charge in [-0.05, 0) is 37.3 Å². The van der Waals surface area contributed by atoms with Gasteiger partial charge in [-0.1, -0.05) is 47.2 Å². The van der Waals surface area contributed by atoms with Crippen LogP contribution in [0, 0.1) is 0 Å². The van der Waals surface area contributed by atoms with Gasteiger partial charge in [-0.15, -0.1) is 0 Å². The SMILES string of the molecule is CC(C)S1(C)(=O)CCN(c2cnn(-c3ccccc3)c(=O)c2OC2CCc3ncccc32)CC1. The second kappa shape index (κ2) is 8.34. The molecule has 1 fully saturated rings. The van der Waals surface area contributed by atoms with Crippen LogP contribution in [0.1, 0.15) is 37.6 Å². The Kier molecular flexibility index (Phi) is 5.59. The van der Waals surface area contributed by atoms with Gasteiger partial charge < -0.3 is 9.64 Å². The highest BCUT2D eigenvalue weighted by Crippen LogP contribution is 2.38. The molecule has 34 heavy (non-hydrogen) atoms. The van der Waals surface area contributed by atoms with E-state index in [2.05, 4.69) is 15.0 Å². The van der Waals surface area contributed by atoms with E-state index in [1.54, 1.807) is 12.4 Å². The molecule has 1 aliphatic carbocycles. The molecule has 1 atom stereocenters. The second-order valence-corrected chi connectivity index (χ2v) is 15.3. The van der Waals surface area contributed by atoms with Crippen molar-refractivity contribution in [2.45, 2.75) is 38.0 Å². The van der Waals surface area contributed by atoms with Gasteiger partial charge in [0.1, 0.15) is 11.8 Å². The topological polar surface area (TPSA) is 77.3 Å². The maximum atomic E-state index is 13.7. The Labute approximate surface area is 200 Å². The van der Waals surface area contributed by atoms with E-state index in [9.17, 15) is 9.00 Å². The van der Waals surface area contributed by atoms with Gasteiger partial charge in [0.05, 0.1) is 11.9 Å². The highest BCUT2D eigenvalue weighted by molar-refractivity contribution is 8.19. The number of pyridine rings is 1. The van der Waals surface area contributed by atoms with Crippen LogP contribution in [-0.2, 0) is 15.5 Å². The predicted molar refractivity (Wildman–Crippen MR) is 137 cm³/mol. The number of anilines is 1. The molecule has 8 heteroatoms. The minimum atomic E-state index is -2.72. The Morgan fingerprint density at radius 1 is 1.09 bits per heavy atom. The molecule has 1 aromatic carbocycles. The molecule has 1 saturated heterocycles. The van der Waals surface area contributed by atoms with E-state index in [-0.39, 0.29) is 16.9 Å². The number of ether oxygens (including phenoxy) is 1. The summed E-state index contributed by atoms with van der Waals surface area (Å²) in [6, 6.07) is 13.3. The third-order valence-corrected chi connectivity index (χ3v) is 12.8. The van der Waals surface area contributed by atoms with E-state index in [1.807, 2.05) is 62.6 Å². The lowest BCUT2D eigenvalue weighted by molar-refractivity contribution is 0.203. The van der Waals surface area contributed by atoms with Crippen molar-refractivity contribution < 1.29 is 8.95 Å². The number of aromatic nitrogens is 3. The molecule has 5 rings (SSSR count). The van der Waals surface area contributed by atoms with Crippen molar-refractivity contribution in [3.8, 4) is 11.4 Å². The van der Waals surface area contributed by atoms with Gasteiger partial charge >= 0.3 is 5.56 Å². The number of benzene rings is 1. The summed E-state index contributed by atoms with van der Waals surface area (Å²) < 4.78 is 21.6. The van der Waals surface area contributed by atoms with Crippen molar-refractivity contribution in [2.24, 2.45) is 0 Å². The van der Waals surface area contributed by atoms with E-state index in [0.717, 1.165) is 24.1 Å². The Balaban J connectivity index is 1.54. The zero-order chi connectivity index (χ0) is 23.9. The molecule has 0 radical (unpaired) electrons. The third-order valence-electron chi connectivity index (χ3n) is 7.58. The number of nitrogens with zero attached hydrogens (tertiary/aromatic N) is 4. The number of rotatable bonds is 5.